The highest BCUT2D eigenvalue weighted by atomic mass is 16.5. The van der Waals surface area contributed by atoms with E-state index in [1.165, 1.54) is 44.9 Å². The van der Waals surface area contributed by atoms with Crippen LogP contribution in [0, 0.1) is 0 Å². The quantitative estimate of drug-likeness (QED) is 0.0467. The molecule has 0 heterocycles. The number of carboxylic acid groups (broad SMARTS) is 2. The summed E-state index contributed by atoms with van der Waals surface area (Å²) >= 11 is 0. The van der Waals surface area contributed by atoms with Gasteiger partial charge in [-0.3, -0.25) is 24.0 Å². The Kier molecular flexibility index (Phi) is 39.0. The Morgan fingerprint density at radius 3 is 1.49 bits per heavy atom. The minimum absolute atomic E-state index is 0.0446. The number of Topliss-reactive ketones (excluding diaryl/α,β-unsaturated/α-hetero) is 2. The molecular weight excluding hydrogens is 738 g/mol. The lowest BCUT2D eigenvalue weighted by molar-refractivity contribution is -0.142. The van der Waals surface area contributed by atoms with Crippen LogP contribution in [0.4, 0.5) is 0 Å². The van der Waals surface area contributed by atoms with Crippen LogP contribution in [0.2, 0.25) is 0 Å². The number of aliphatic carboxylic acids is 2. The molecule has 0 fully saturated rings. The summed E-state index contributed by atoms with van der Waals surface area (Å²) in [6, 6.07) is -1.09. The molecule has 332 valence electrons. The first kappa shape index (κ1) is 54.0. The number of nitrogens with two attached hydrogens (primary N) is 1. The molecule has 0 aliphatic heterocycles. The van der Waals surface area contributed by atoms with Gasteiger partial charge in [0.1, 0.15) is 25.0 Å². The average Bonchev–Trinajstić information content (AvgIpc) is 3.17. The van der Waals surface area contributed by atoms with Gasteiger partial charge in [-0.05, 0) is 45.1 Å². The molecule has 15 heteroatoms. The van der Waals surface area contributed by atoms with Gasteiger partial charge < -0.3 is 45.5 Å². The second kappa shape index (κ2) is 41.2. The molecule has 0 aliphatic carbocycles. The van der Waals surface area contributed by atoms with Crippen LogP contribution in [-0.2, 0) is 47.7 Å². The molecule has 0 aromatic carbocycles. The summed E-state index contributed by atoms with van der Waals surface area (Å²) < 4.78 is 21.5. The second-order valence-corrected chi connectivity index (χ2v) is 14.7. The Bertz CT molecular complexity index is 1050. The number of rotatable bonds is 45. The average molecular weight is 816 g/mol. The first-order valence-corrected chi connectivity index (χ1v) is 21.7. The van der Waals surface area contributed by atoms with Crippen molar-refractivity contribution in [3.8, 4) is 0 Å². The van der Waals surface area contributed by atoms with Gasteiger partial charge >= 0.3 is 11.9 Å². The highest BCUT2D eigenvalue weighted by Crippen LogP contribution is 2.14. The Hall–Kier alpha value is -2.98. The number of carboxylic acids is 2. The first-order valence-electron chi connectivity index (χ1n) is 21.7. The monoisotopic (exact) mass is 816 g/mol. The third-order valence-corrected chi connectivity index (χ3v) is 9.35. The molecule has 1 atom stereocenters. The van der Waals surface area contributed by atoms with E-state index < -0.39 is 18.0 Å². The number of amides is 2. The van der Waals surface area contributed by atoms with E-state index in [-0.39, 0.29) is 81.9 Å². The predicted octanol–water partition coefficient (Wildman–Crippen LogP) is 5.67. The molecule has 0 rings (SSSR count). The van der Waals surface area contributed by atoms with Gasteiger partial charge in [0.2, 0.25) is 11.8 Å². The fourth-order valence-electron chi connectivity index (χ4n) is 6.01. The molecule has 0 aliphatic rings. The molecule has 0 bridgehead atoms. The molecule has 0 aromatic heterocycles. The van der Waals surface area contributed by atoms with E-state index in [0.29, 0.717) is 58.8 Å². The topological polar surface area (TPSA) is 230 Å². The van der Waals surface area contributed by atoms with Crippen molar-refractivity contribution in [2.24, 2.45) is 5.73 Å². The largest absolute Gasteiger partial charge is 0.481 e. The summed E-state index contributed by atoms with van der Waals surface area (Å²) in [5.41, 5.74) is 5.45. The van der Waals surface area contributed by atoms with Crippen LogP contribution < -0.4 is 16.4 Å². The summed E-state index contributed by atoms with van der Waals surface area (Å²) in [6.07, 6.45) is 20.9. The predicted molar refractivity (Wildman–Crippen MR) is 218 cm³/mol. The summed E-state index contributed by atoms with van der Waals surface area (Å²) in [7, 11) is 0. The molecule has 0 radical (unpaired) electrons. The fraction of sp³-hybridized carbons (Fsp3) is 0.857. The number of unbranched alkanes of at least 4 members (excludes halogenated alkanes) is 16. The van der Waals surface area contributed by atoms with Crippen molar-refractivity contribution in [2.45, 2.75) is 167 Å². The van der Waals surface area contributed by atoms with Crippen LogP contribution in [0.15, 0.2) is 0 Å². The third kappa shape index (κ3) is 41.0. The number of ether oxygens (including phenoxy) is 4. The van der Waals surface area contributed by atoms with Gasteiger partial charge in [-0.1, -0.05) is 89.9 Å². The summed E-state index contributed by atoms with van der Waals surface area (Å²) in [4.78, 5) is 70.4. The SMILES string of the molecule is NCCCCCCC(=O)COCCOCCNC(=O)COCCOCCCC(=O)CC[C@H](NC(=O)CCCCCCCCCCCCCCCCC(=O)O)C(=O)O. The molecule has 15 nitrogen and oxygen atoms in total. The van der Waals surface area contributed by atoms with Crippen molar-refractivity contribution >= 4 is 35.3 Å². The molecule has 0 spiro atoms. The van der Waals surface area contributed by atoms with Crippen LogP contribution in [-0.4, -0.2) is 118 Å². The molecule has 0 unspecified atom stereocenters. The van der Waals surface area contributed by atoms with Crippen LogP contribution in [0.5, 0.6) is 0 Å². The van der Waals surface area contributed by atoms with Crippen LogP contribution >= 0.6 is 0 Å². The van der Waals surface area contributed by atoms with Gasteiger partial charge in [-0.25, -0.2) is 4.79 Å². The van der Waals surface area contributed by atoms with E-state index in [1.54, 1.807) is 0 Å². The fourth-order valence-corrected chi connectivity index (χ4v) is 6.01. The van der Waals surface area contributed by atoms with Crippen molar-refractivity contribution in [1.29, 1.82) is 0 Å². The van der Waals surface area contributed by atoms with E-state index in [0.717, 1.165) is 64.2 Å². The lowest BCUT2D eigenvalue weighted by Gasteiger charge is -2.14. The van der Waals surface area contributed by atoms with Crippen molar-refractivity contribution in [3.05, 3.63) is 0 Å². The van der Waals surface area contributed by atoms with E-state index in [9.17, 15) is 33.9 Å². The molecular formula is C42H77N3O12. The Morgan fingerprint density at radius 1 is 0.456 bits per heavy atom. The van der Waals surface area contributed by atoms with Gasteiger partial charge in [0.15, 0.2) is 5.78 Å². The smallest absolute Gasteiger partial charge is 0.326 e. The zero-order valence-electron chi connectivity index (χ0n) is 34.9. The van der Waals surface area contributed by atoms with Crippen LogP contribution in [0.1, 0.15) is 161 Å². The van der Waals surface area contributed by atoms with Gasteiger partial charge in [0.05, 0.1) is 33.0 Å². The molecule has 2 amide bonds. The minimum Gasteiger partial charge on any atom is -0.481 e. The van der Waals surface area contributed by atoms with E-state index >= 15 is 0 Å². The van der Waals surface area contributed by atoms with Gasteiger partial charge in [0, 0.05) is 45.3 Å². The summed E-state index contributed by atoms with van der Waals surface area (Å²) in [5.74, 6) is -2.46. The van der Waals surface area contributed by atoms with Crippen molar-refractivity contribution in [1.82, 2.24) is 10.6 Å². The number of carbonyl (C=O) groups is 6. The maximum Gasteiger partial charge on any atom is 0.326 e. The zero-order valence-corrected chi connectivity index (χ0v) is 34.9. The van der Waals surface area contributed by atoms with Crippen LogP contribution in [0.3, 0.4) is 0 Å². The molecule has 0 saturated heterocycles. The number of hydrogen-bond donors (Lipinski definition) is 5. The number of carbonyl (C=O) groups excluding carboxylic acids is 4. The Morgan fingerprint density at radius 2 is 0.930 bits per heavy atom. The third-order valence-electron chi connectivity index (χ3n) is 9.35. The molecule has 0 aromatic rings. The lowest BCUT2D eigenvalue weighted by Crippen LogP contribution is -2.41. The zero-order chi connectivity index (χ0) is 42.0. The van der Waals surface area contributed by atoms with Gasteiger partial charge in [0.25, 0.3) is 0 Å². The van der Waals surface area contributed by atoms with Gasteiger partial charge in [-0.2, -0.15) is 0 Å². The Balaban J connectivity index is 3.64. The highest BCUT2D eigenvalue weighted by molar-refractivity contribution is 5.84. The van der Waals surface area contributed by atoms with E-state index in [4.69, 9.17) is 29.8 Å². The highest BCUT2D eigenvalue weighted by Gasteiger charge is 2.20. The normalized spacial score (nSPS) is 11.7. The standard InChI is InChI=1S/C42H77N3O12/c43-26-18-14-13-15-20-37(47)34-56-32-31-55-29-27-44-40(49)35-57-33-30-54-28-19-21-36(46)24-25-38(42(52)53)45-39(48)22-16-11-9-7-5-3-1-2-4-6-8-10-12-17-23-41(50)51/h38H,1-35,43H2,(H,44,49)(H,45,48)(H,50,51)(H,52,53)/t38-/m0/s1. The second-order valence-electron chi connectivity index (χ2n) is 14.7. The van der Waals surface area contributed by atoms with Crippen molar-refractivity contribution in [2.75, 3.05) is 65.9 Å². The molecule has 57 heavy (non-hydrogen) atoms. The maximum absolute atomic E-state index is 12.3. The van der Waals surface area contributed by atoms with Crippen molar-refractivity contribution in [3.63, 3.8) is 0 Å². The van der Waals surface area contributed by atoms with E-state index in [2.05, 4.69) is 10.6 Å². The van der Waals surface area contributed by atoms with Crippen LogP contribution in [0.25, 0.3) is 0 Å². The lowest BCUT2D eigenvalue weighted by atomic mass is 10.0. The molecule has 0 saturated carbocycles. The summed E-state index contributed by atoms with van der Waals surface area (Å²) in [6.45, 7) is 2.70. The first-order chi connectivity index (χ1) is 27.6. The van der Waals surface area contributed by atoms with E-state index in [1.807, 2.05) is 0 Å². The number of hydrogen-bond acceptors (Lipinski definition) is 11. The van der Waals surface area contributed by atoms with Crippen molar-refractivity contribution < 1.29 is 57.9 Å². The molecule has 6 N–H and O–H groups in total. The maximum atomic E-state index is 12.3. The van der Waals surface area contributed by atoms with Gasteiger partial charge in [-0.15, -0.1) is 0 Å². The number of nitrogens with one attached hydrogen (secondary N) is 2. The number of ketones is 2. The minimum atomic E-state index is -1.15. The Labute approximate surface area is 341 Å². The summed E-state index contributed by atoms with van der Waals surface area (Å²) in [5, 5.41) is 23.4.